The third kappa shape index (κ3) is 3.32. The summed E-state index contributed by atoms with van der Waals surface area (Å²) in [6, 6.07) is 6.07. The molecule has 2 fully saturated rings. The van der Waals surface area contributed by atoms with E-state index in [-0.39, 0.29) is 5.60 Å². The van der Waals surface area contributed by atoms with Crippen LogP contribution in [0.2, 0.25) is 0 Å². The standard InChI is InChI=1S/C15H20BrNO2S/c16-11-1-2-13(17)14(9-11)20-12-3-6-19-15(10-12)4-7-18-8-5-15/h1-2,9,12H,3-8,10,17H2. The predicted molar refractivity (Wildman–Crippen MR) is 86.2 cm³/mol. The lowest BCUT2D eigenvalue weighted by molar-refractivity contribution is -0.131. The van der Waals surface area contributed by atoms with Gasteiger partial charge in [-0.2, -0.15) is 0 Å². The Morgan fingerprint density at radius 3 is 2.85 bits per heavy atom. The van der Waals surface area contributed by atoms with Crippen molar-refractivity contribution >= 4 is 33.4 Å². The number of rotatable bonds is 2. The summed E-state index contributed by atoms with van der Waals surface area (Å²) in [4.78, 5) is 1.17. The van der Waals surface area contributed by atoms with Crippen LogP contribution in [0.5, 0.6) is 0 Å². The molecule has 20 heavy (non-hydrogen) atoms. The number of hydrogen-bond acceptors (Lipinski definition) is 4. The Hall–Kier alpha value is -0.230. The third-order valence-corrected chi connectivity index (χ3v) is 5.96. The summed E-state index contributed by atoms with van der Waals surface area (Å²) in [5, 5.41) is 0.582. The summed E-state index contributed by atoms with van der Waals surface area (Å²) >= 11 is 5.42. The number of ether oxygens (including phenoxy) is 2. The van der Waals surface area contributed by atoms with Crippen molar-refractivity contribution in [1.82, 2.24) is 0 Å². The second-order valence-corrected chi connectivity index (χ2v) is 7.82. The van der Waals surface area contributed by atoms with Gasteiger partial charge >= 0.3 is 0 Å². The molecule has 2 saturated heterocycles. The molecule has 3 nitrogen and oxygen atoms in total. The molecule has 2 aliphatic heterocycles. The molecule has 1 spiro atoms. The maximum atomic E-state index is 6.09. The van der Waals surface area contributed by atoms with E-state index in [2.05, 4.69) is 22.0 Å². The van der Waals surface area contributed by atoms with Gasteiger partial charge in [0.25, 0.3) is 0 Å². The maximum absolute atomic E-state index is 6.09. The smallest absolute Gasteiger partial charge is 0.0737 e. The Morgan fingerprint density at radius 2 is 2.05 bits per heavy atom. The summed E-state index contributed by atoms with van der Waals surface area (Å²) in [5.41, 5.74) is 7.00. The van der Waals surface area contributed by atoms with Gasteiger partial charge < -0.3 is 15.2 Å². The van der Waals surface area contributed by atoms with E-state index in [1.807, 2.05) is 23.9 Å². The number of thioether (sulfide) groups is 1. The van der Waals surface area contributed by atoms with Crippen LogP contribution >= 0.6 is 27.7 Å². The molecule has 2 aliphatic rings. The highest BCUT2D eigenvalue weighted by molar-refractivity contribution is 9.10. The topological polar surface area (TPSA) is 44.5 Å². The van der Waals surface area contributed by atoms with Crippen molar-refractivity contribution < 1.29 is 9.47 Å². The van der Waals surface area contributed by atoms with Gasteiger partial charge in [-0.15, -0.1) is 11.8 Å². The highest BCUT2D eigenvalue weighted by Gasteiger charge is 2.39. The van der Waals surface area contributed by atoms with Crippen LogP contribution in [0.15, 0.2) is 27.6 Å². The lowest BCUT2D eigenvalue weighted by Crippen LogP contribution is -2.45. The fourth-order valence-electron chi connectivity index (χ4n) is 2.97. The van der Waals surface area contributed by atoms with Gasteiger partial charge in [-0.3, -0.25) is 0 Å². The Balaban J connectivity index is 1.69. The lowest BCUT2D eigenvalue weighted by atomic mass is 9.86. The van der Waals surface area contributed by atoms with Gasteiger partial charge in [0.1, 0.15) is 0 Å². The molecular formula is C15H20BrNO2S. The quantitative estimate of drug-likeness (QED) is 0.816. The number of halogens is 1. The summed E-state index contributed by atoms with van der Waals surface area (Å²) in [6.07, 6.45) is 4.25. The average Bonchev–Trinajstić information content (AvgIpc) is 2.44. The van der Waals surface area contributed by atoms with E-state index in [0.29, 0.717) is 5.25 Å². The molecule has 110 valence electrons. The number of nitrogens with two attached hydrogens (primary N) is 1. The minimum absolute atomic E-state index is 0.0505. The molecule has 0 bridgehead atoms. The number of hydrogen-bond donors (Lipinski definition) is 1. The van der Waals surface area contributed by atoms with Crippen molar-refractivity contribution in [1.29, 1.82) is 0 Å². The summed E-state index contributed by atoms with van der Waals surface area (Å²) in [5.74, 6) is 0. The SMILES string of the molecule is Nc1ccc(Br)cc1SC1CCOC2(CCOCC2)C1. The Morgan fingerprint density at radius 1 is 1.25 bits per heavy atom. The van der Waals surface area contributed by atoms with Crippen LogP contribution in [0.25, 0.3) is 0 Å². The monoisotopic (exact) mass is 357 g/mol. The Kier molecular flexibility index (Phi) is 4.60. The van der Waals surface area contributed by atoms with E-state index < -0.39 is 0 Å². The van der Waals surface area contributed by atoms with Gasteiger partial charge in [-0.25, -0.2) is 0 Å². The molecule has 5 heteroatoms. The predicted octanol–water partition coefficient (Wildman–Crippen LogP) is 3.85. The van der Waals surface area contributed by atoms with E-state index in [1.54, 1.807) is 0 Å². The van der Waals surface area contributed by atoms with Gasteiger partial charge in [-0.05, 0) is 43.9 Å². The van der Waals surface area contributed by atoms with Gasteiger partial charge in [0, 0.05) is 40.1 Å². The third-order valence-electron chi connectivity index (χ3n) is 4.12. The van der Waals surface area contributed by atoms with Crippen molar-refractivity contribution in [2.45, 2.75) is 41.4 Å². The molecule has 1 atom stereocenters. The largest absolute Gasteiger partial charge is 0.398 e. The van der Waals surface area contributed by atoms with Crippen LogP contribution in [0.1, 0.15) is 25.7 Å². The summed E-state index contributed by atoms with van der Waals surface area (Å²) < 4.78 is 12.7. The van der Waals surface area contributed by atoms with Gasteiger partial charge in [-0.1, -0.05) is 15.9 Å². The molecule has 1 aromatic rings. The molecule has 0 radical (unpaired) electrons. The van der Waals surface area contributed by atoms with Crippen molar-refractivity contribution in [3.8, 4) is 0 Å². The van der Waals surface area contributed by atoms with Crippen molar-refractivity contribution in [3.63, 3.8) is 0 Å². The maximum Gasteiger partial charge on any atom is 0.0737 e. The zero-order valence-corrected chi connectivity index (χ0v) is 13.8. The van der Waals surface area contributed by atoms with Crippen LogP contribution < -0.4 is 5.73 Å². The first-order chi connectivity index (χ1) is 9.67. The molecular weight excluding hydrogens is 338 g/mol. The molecule has 0 aromatic heterocycles. The van der Waals surface area contributed by atoms with E-state index in [9.17, 15) is 0 Å². The van der Waals surface area contributed by atoms with Crippen LogP contribution in [-0.4, -0.2) is 30.7 Å². The molecule has 0 saturated carbocycles. The average molecular weight is 358 g/mol. The van der Waals surface area contributed by atoms with E-state index in [4.69, 9.17) is 15.2 Å². The Labute approximate surface area is 132 Å². The summed E-state index contributed by atoms with van der Waals surface area (Å²) in [7, 11) is 0. The second kappa shape index (κ2) is 6.26. The van der Waals surface area contributed by atoms with Crippen LogP contribution in [0.4, 0.5) is 5.69 Å². The molecule has 1 aromatic carbocycles. The zero-order valence-electron chi connectivity index (χ0n) is 11.4. The molecule has 2 N–H and O–H groups in total. The lowest BCUT2D eigenvalue weighted by Gasteiger charge is -2.43. The van der Waals surface area contributed by atoms with Crippen molar-refractivity contribution in [2.24, 2.45) is 0 Å². The molecule has 2 heterocycles. The van der Waals surface area contributed by atoms with Crippen molar-refractivity contribution in [3.05, 3.63) is 22.7 Å². The van der Waals surface area contributed by atoms with E-state index >= 15 is 0 Å². The van der Waals surface area contributed by atoms with Crippen LogP contribution in [0.3, 0.4) is 0 Å². The van der Waals surface area contributed by atoms with E-state index in [0.717, 1.165) is 55.7 Å². The van der Waals surface area contributed by atoms with E-state index in [1.165, 1.54) is 4.90 Å². The minimum atomic E-state index is 0.0505. The molecule has 0 aliphatic carbocycles. The number of anilines is 1. The first-order valence-electron chi connectivity index (χ1n) is 7.10. The zero-order chi connectivity index (χ0) is 14.0. The van der Waals surface area contributed by atoms with Gasteiger partial charge in [0.2, 0.25) is 0 Å². The summed E-state index contributed by atoms with van der Waals surface area (Å²) in [6.45, 7) is 2.51. The molecule has 1 unspecified atom stereocenters. The number of nitrogen functional groups attached to an aromatic ring is 1. The minimum Gasteiger partial charge on any atom is -0.398 e. The second-order valence-electron chi connectivity index (χ2n) is 5.56. The van der Waals surface area contributed by atoms with Gasteiger partial charge in [0.05, 0.1) is 5.60 Å². The van der Waals surface area contributed by atoms with Crippen molar-refractivity contribution in [2.75, 3.05) is 25.6 Å². The molecule has 0 amide bonds. The first kappa shape index (κ1) is 14.7. The highest BCUT2D eigenvalue weighted by Crippen LogP contribution is 2.42. The Bertz CT molecular complexity index is 471. The fourth-order valence-corrected chi connectivity index (χ4v) is 4.84. The van der Waals surface area contributed by atoms with Crippen LogP contribution in [0, 0.1) is 0 Å². The normalized spacial score (nSPS) is 25.8. The first-order valence-corrected chi connectivity index (χ1v) is 8.78. The highest BCUT2D eigenvalue weighted by atomic mass is 79.9. The van der Waals surface area contributed by atoms with Gasteiger partial charge in [0.15, 0.2) is 0 Å². The fraction of sp³-hybridized carbons (Fsp3) is 0.600. The molecule has 3 rings (SSSR count). The number of benzene rings is 1. The van der Waals surface area contributed by atoms with Crippen LogP contribution in [-0.2, 0) is 9.47 Å².